The highest BCUT2D eigenvalue weighted by Gasteiger charge is 2.26. The van der Waals surface area contributed by atoms with Gasteiger partial charge in [-0.3, -0.25) is 9.36 Å². The highest BCUT2D eigenvalue weighted by atomic mass is 32.2. The molecule has 2 fully saturated rings. The maximum absolute atomic E-state index is 12.7. The Balaban J connectivity index is 1.50. The van der Waals surface area contributed by atoms with Crippen LogP contribution in [0.4, 0.5) is 0 Å². The van der Waals surface area contributed by atoms with E-state index in [9.17, 15) is 4.79 Å². The summed E-state index contributed by atoms with van der Waals surface area (Å²) < 4.78 is 7.81. The second kappa shape index (κ2) is 8.95. The van der Waals surface area contributed by atoms with Crippen LogP contribution in [0.3, 0.4) is 0 Å². The van der Waals surface area contributed by atoms with Crippen molar-refractivity contribution in [2.24, 2.45) is 0 Å². The standard InChI is InChI=1S/C20H28N4O2S/c25-18(23-12-6-1-2-7-13-23)15-27-20-22-21-19(17-11-8-14-26-17)24(20)16-9-4-3-5-10-16/h8,11,14,16H,1-7,9-10,12-13,15H2. The maximum Gasteiger partial charge on any atom is 0.233 e. The highest BCUT2D eigenvalue weighted by Crippen LogP contribution is 2.35. The molecular formula is C20H28N4O2S. The second-order valence-electron chi connectivity index (χ2n) is 7.53. The lowest BCUT2D eigenvalue weighted by molar-refractivity contribution is -0.128. The molecule has 0 radical (unpaired) electrons. The first-order valence-electron chi connectivity index (χ1n) is 10.2. The number of furan rings is 1. The van der Waals surface area contributed by atoms with Crippen molar-refractivity contribution in [1.29, 1.82) is 0 Å². The summed E-state index contributed by atoms with van der Waals surface area (Å²) in [6, 6.07) is 4.20. The Bertz CT molecular complexity index is 729. The van der Waals surface area contributed by atoms with E-state index in [1.165, 1.54) is 43.9 Å². The molecule has 0 bridgehead atoms. The largest absolute Gasteiger partial charge is 0.461 e. The summed E-state index contributed by atoms with van der Waals surface area (Å²) in [5.74, 6) is 2.19. The van der Waals surface area contributed by atoms with E-state index in [1.807, 2.05) is 17.0 Å². The third kappa shape index (κ3) is 4.39. The predicted octanol–water partition coefficient (Wildman–Crippen LogP) is 4.54. The van der Waals surface area contributed by atoms with Gasteiger partial charge in [0, 0.05) is 19.1 Å². The lowest BCUT2D eigenvalue weighted by Crippen LogP contribution is -2.33. The molecule has 1 saturated heterocycles. The van der Waals surface area contributed by atoms with Crippen molar-refractivity contribution >= 4 is 17.7 Å². The van der Waals surface area contributed by atoms with Gasteiger partial charge in [-0.1, -0.05) is 43.9 Å². The van der Waals surface area contributed by atoms with Gasteiger partial charge in [0.2, 0.25) is 11.7 Å². The van der Waals surface area contributed by atoms with Crippen LogP contribution in [0, 0.1) is 0 Å². The molecule has 0 atom stereocenters. The summed E-state index contributed by atoms with van der Waals surface area (Å²) >= 11 is 1.52. The quantitative estimate of drug-likeness (QED) is 0.704. The van der Waals surface area contributed by atoms with Crippen LogP contribution in [0.1, 0.15) is 63.8 Å². The first kappa shape index (κ1) is 18.6. The van der Waals surface area contributed by atoms with Crippen LogP contribution in [-0.4, -0.2) is 44.4 Å². The minimum Gasteiger partial charge on any atom is -0.461 e. The van der Waals surface area contributed by atoms with E-state index in [4.69, 9.17) is 4.42 Å². The Kier molecular flexibility index (Phi) is 6.17. The number of thioether (sulfide) groups is 1. The van der Waals surface area contributed by atoms with E-state index in [1.54, 1.807) is 6.26 Å². The average Bonchev–Trinajstić information content (AvgIpc) is 3.30. The number of carbonyl (C=O) groups excluding carboxylic acids is 1. The van der Waals surface area contributed by atoms with Gasteiger partial charge in [0.05, 0.1) is 12.0 Å². The Hall–Kier alpha value is -1.76. The topological polar surface area (TPSA) is 64.2 Å². The van der Waals surface area contributed by atoms with Crippen LogP contribution in [0.2, 0.25) is 0 Å². The highest BCUT2D eigenvalue weighted by molar-refractivity contribution is 7.99. The number of likely N-dealkylation sites (tertiary alicyclic amines) is 1. The number of amides is 1. The van der Waals surface area contributed by atoms with Crippen LogP contribution in [0.5, 0.6) is 0 Å². The van der Waals surface area contributed by atoms with Crippen molar-refractivity contribution in [1.82, 2.24) is 19.7 Å². The number of hydrogen-bond donors (Lipinski definition) is 0. The summed E-state index contributed by atoms with van der Waals surface area (Å²) in [7, 11) is 0. The maximum atomic E-state index is 12.7. The van der Waals surface area contributed by atoms with Gasteiger partial charge in [-0.15, -0.1) is 10.2 Å². The van der Waals surface area contributed by atoms with E-state index in [-0.39, 0.29) is 5.91 Å². The lowest BCUT2D eigenvalue weighted by atomic mass is 9.95. The Morgan fingerprint density at radius 2 is 1.81 bits per heavy atom. The van der Waals surface area contributed by atoms with Crippen molar-refractivity contribution in [3.63, 3.8) is 0 Å². The number of hydrogen-bond acceptors (Lipinski definition) is 5. The van der Waals surface area contributed by atoms with Gasteiger partial charge in [0.25, 0.3) is 0 Å². The number of nitrogens with zero attached hydrogens (tertiary/aromatic N) is 4. The van der Waals surface area contributed by atoms with Crippen LogP contribution < -0.4 is 0 Å². The van der Waals surface area contributed by atoms with Gasteiger partial charge in [-0.25, -0.2) is 0 Å². The molecule has 0 spiro atoms. The zero-order valence-corrected chi connectivity index (χ0v) is 16.6. The zero-order chi connectivity index (χ0) is 18.5. The number of rotatable bonds is 5. The molecular weight excluding hydrogens is 360 g/mol. The smallest absolute Gasteiger partial charge is 0.233 e. The van der Waals surface area contributed by atoms with Gasteiger partial charge in [-0.2, -0.15) is 0 Å². The molecule has 7 heteroatoms. The molecule has 0 unspecified atom stereocenters. The van der Waals surface area contributed by atoms with Crippen LogP contribution in [0.15, 0.2) is 28.0 Å². The fourth-order valence-electron chi connectivity index (χ4n) is 4.16. The predicted molar refractivity (Wildman–Crippen MR) is 106 cm³/mol. The van der Waals surface area contributed by atoms with Crippen molar-refractivity contribution in [3.8, 4) is 11.6 Å². The molecule has 2 aromatic heterocycles. The Morgan fingerprint density at radius 1 is 1.07 bits per heavy atom. The van der Waals surface area contributed by atoms with Gasteiger partial charge >= 0.3 is 0 Å². The number of carbonyl (C=O) groups is 1. The molecule has 0 N–H and O–H groups in total. The van der Waals surface area contributed by atoms with Crippen LogP contribution in [0.25, 0.3) is 11.6 Å². The van der Waals surface area contributed by atoms with Crippen molar-refractivity contribution in [2.45, 2.75) is 69.0 Å². The monoisotopic (exact) mass is 388 g/mol. The molecule has 6 nitrogen and oxygen atoms in total. The third-order valence-corrected chi connectivity index (χ3v) is 6.56. The van der Waals surface area contributed by atoms with Gasteiger partial charge in [-0.05, 0) is 37.8 Å². The fraction of sp³-hybridized carbons (Fsp3) is 0.650. The number of aromatic nitrogens is 3. The van der Waals surface area contributed by atoms with E-state index in [0.717, 1.165) is 55.5 Å². The van der Waals surface area contributed by atoms with Gasteiger partial charge < -0.3 is 9.32 Å². The molecule has 0 aromatic carbocycles. The van der Waals surface area contributed by atoms with Crippen molar-refractivity contribution in [3.05, 3.63) is 18.4 Å². The Labute approximate surface area is 164 Å². The third-order valence-electron chi connectivity index (χ3n) is 5.63. The normalized spacial score (nSPS) is 19.2. The Morgan fingerprint density at radius 3 is 2.52 bits per heavy atom. The first-order valence-corrected chi connectivity index (χ1v) is 11.2. The van der Waals surface area contributed by atoms with E-state index in [0.29, 0.717) is 11.8 Å². The van der Waals surface area contributed by atoms with Gasteiger partial charge in [0.1, 0.15) is 0 Å². The fourth-order valence-corrected chi connectivity index (χ4v) is 5.06. The summed E-state index contributed by atoms with van der Waals surface area (Å²) in [6.07, 6.45) is 12.4. The molecule has 1 amide bonds. The minimum atomic E-state index is 0.222. The zero-order valence-electron chi connectivity index (χ0n) is 15.8. The lowest BCUT2D eigenvalue weighted by Gasteiger charge is -2.25. The minimum absolute atomic E-state index is 0.222. The van der Waals surface area contributed by atoms with E-state index < -0.39 is 0 Å². The molecule has 3 heterocycles. The molecule has 2 aromatic rings. The molecule has 1 aliphatic heterocycles. The van der Waals surface area contributed by atoms with Crippen molar-refractivity contribution in [2.75, 3.05) is 18.8 Å². The SMILES string of the molecule is O=C(CSc1nnc(-c2ccco2)n1C1CCCCC1)N1CCCCCC1. The summed E-state index contributed by atoms with van der Waals surface area (Å²) in [6.45, 7) is 1.79. The van der Waals surface area contributed by atoms with Crippen LogP contribution >= 0.6 is 11.8 Å². The van der Waals surface area contributed by atoms with Gasteiger partial charge in [0.15, 0.2) is 10.9 Å². The summed E-state index contributed by atoms with van der Waals surface area (Å²) in [5.41, 5.74) is 0. The van der Waals surface area contributed by atoms with E-state index in [2.05, 4.69) is 14.8 Å². The molecule has 1 aliphatic carbocycles. The van der Waals surface area contributed by atoms with Crippen molar-refractivity contribution < 1.29 is 9.21 Å². The molecule has 146 valence electrons. The average molecular weight is 389 g/mol. The molecule has 2 aliphatic rings. The second-order valence-corrected chi connectivity index (χ2v) is 8.47. The molecule has 27 heavy (non-hydrogen) atoms. The summed E-state index contributed by atoms with van der Waals surface area (Å²) in [4.78, 5) is 14.7. The summed E-state index contributed by atoms with van der Waals surface area (Å²) in [5, 5.41) is 9.68. The first-order chi connectivity index (χ1) is 13.3. The van der Waals surface area contributed by atoms with E-state index >= 15 is 0 Å². The molecule has 1 saturated carbocycles. The van der Waals surface area contributed by atoms with Crippen LogP contribution in [-0.2, 0) is 4.79 Å². The molecule has 4 rings (SSSR count).